The van der Waals surface area contributed by atoms with E-state index in [9.17, 15) is 27.6 Å². The zero-order valence-electron chi connectivity index (χ0n) is 12.9. The van der Waals surface area contributed by atoms with Crippen LogP contribution in [0.15, 0.2) is 24.3 Å². The van der Waals surface area contributed by atoms with Crippen LogP contribution >= 0.6 is 0 Å². The lowest BCUT2D eigenvalue weighted by molar-refractivity contribution is -0.152. The summed E-state index contributed by atoms with van der Waals surface area (Å²) in [5.41, 5.74) is -0.788. The van der Waals surface area contributed by atoms with Gasteiger partial charge in [0.15, 0.2) is 6.10 Å². The second-order valence-electron chi connectivity index (χ2n) is 4.63. The number of halogens is 3. The molecule has 0 bridgehead atoms. The van der Waals surface area contributed by atoms with Gasteiger partial charge in [-0.2, -0.15) is 13.2 Å². The number of hydrogen-bond donors (Lipinski definition) is 3. The number of hydrogen-bond acceptors (Lipinski definition) is 5. The third-order valence-electron chi connectivity index (χ3n) is 2.77. The van der Waals surface area contributed by atoms with Crippen molar-refractivity contribution in [3.05, 3.63) is 29.8 Å². The zero-order chi connectivity index (χ0) is 18.3. The summed E-state index contributed by atoms with van der Waals surface area (Å²) in [5.74, 6) is -1.70. The largest absolute Gasteiger partial charge is 0.451 e. The zero-order valence-corrected chi connectivity index (χ0v) is 12.9. The first kappa shape index (κ1) is 19.3. The summed E-state index contributed by atoms with van der Waals surface area (Å²) in [7, 11) is 1.30. The molecular weight excluding hydrogens is 331 g/mol. The number of carbonyl (C=O) groups excluding carboxylic acids is 3. The van der Waals surface area contributed by atoms with Crippen molar-refractivity contribution in [2.75, 3.05) is 18.9 Å². The molecule has 1 aromatic carbocycles. The number of amides is 3. The van der Waals surface area contributed by atoms with E-state index in [4.69, 9.17) is 4.74 Å². The number of nitrogens with one attached hydrogen (secondary N) is 3. The molecule has 132 valence electrons. The van der Waals surface area contributed by atoms with Gasteiger partial charge in [0.1, 0.15) is 6.54 Å². The standard InChI is InChI=1S/C14H16F3N3O4/c1-8(12(22)20-13(23)18-2)24-11(21)7-19-10-5-3-4-9(6-10)14(15,16)17/h3-6,8,19H,7H2,1-2H3,(H2,18,20,22,23). The first-order chi connectivity index (χ1) is 11.1. The molecular formula is C14H16F3N3O4. The number of rotatable bonds is 5. The highest BCUT2D eigenvalue weighted by Crippen LogP contribution is 2.30. The van der Waals surface area contributed by atoms with Gasteiger partial charge in [0, 0.05) is 12.7 Å². The van der Waals surface area contributed by atoms with Gasteiger partial charge in [0.2, 0.25) is 0 Å². The van der Waals surface area contributed by atoms with Crippen LogP contribution < -0.4 is 16.0 Å². The molecule has 3 amide bonds. The topological polar surface area (TPSA) is 96.5 Å². The van der Waals surface area contributed by atoms with Gasteiger partial charge in [-0.1, -0.05) is 6.07 Å². The van der Waals surface area contributed by atoms with Crippen LogP contribution in [0.2, 0.25) is 0 Å². The molecule has 0 saturated heterocycles. The molecule has 0 fully saturated rings. The smallest absolute Gasteiger partial charge is 0.416 e. The molecule has 1 rings (SSSR count). The second kappa shape index (κ2) is 8.18. The van der Waals surface area contributed by atoms with Crippen LogP contribution in [0.1, 0.15) is 12.5 Å². The normalized spacial score (nSPS) is 12.0. The average Bonchev–Trinajstić information content (AvgIpc) is 2.52. The first-order valence-corrected chi connectivity index (χ1v) is 6.76. The van der Waals surface area contributed by atoms with Gasteiger partial charge >= 0.3 is 18.2 Å². The summed E-state index contributed by atoms with van der Waals surface area (Å²) in [6.07, 6.45) is -5.73. The van der Waals surface area contributed by atoms with E-state index >= 15 is 0 Å². The Morgan fingerprint density at radius 2 is 1.92 bits per heavy atom. The minimum Gasteiger partial charge on any atom is -0.451 e. The molecule has 0 aliphatic carbocycles. The van der Waals surface area contributed by atoms with E-state index in [1.807, 2.05) is 5.32 Å². The lowest BCUT2D eigenvalue weighted by atomic mass is 10.2. The SMILES string of the molecule is CNC(=O)NC(=O)C(C)OC(=O)CNc1cccc(C(F)(F)F)c1. The van der Waals surface area contributed by atoms with Crippen molar-refractivity contribution >= 4 is 23.6 Å². The molecule has 0 aromatic heterocycles. The number of benzene rings is 1. The second-order valence-corrected chi connectivity index (χ2v) is 4.63. The fourth-order valence-electron chi connectivity index (χ4n) is 1.55. The van der Waals surface area contributed by atoms with Crippen molar-refractivity contribution in [2.45, 2.75) is 19.2 Å². The van der Waals surface area contributed by atoms with E-state index in [0.29, 0.717) is 0 Å². The maximum absolute atomic E-state index is 12.6. The molecule has 0 aliphatic heterocycles. The van der Waals surface area contributed by atoms with Gasteiger partial charge in [-0.3, -0.25) is 14.9 Å². The first-order valence-electron chi connectivity index (χ1n) is 6.76. The summed E-state index contributed by atoms with van der Waals surface area (Å²) in [6.45, 7) is 0.805. The maximum atomic E-state index is 12.6. The van der Waals surface area contributed by atoms with E-state index in [1.54, 1.807) is 0 Å². The van der Waals surface area contributed by atoms with Crippen LogP contribution in [-0.4, -0.2) is 37.6 Å². The third kappa shape index (κ3) is 6.15. The molecule has 1 atom stereocenters. The minimum absolute atomic E-state index is 0.0734. The van der Waals surface area contributed by atoms with Gasteiger partial charge in [0.25, 0.3) is 5.91 Å². The van der Waals surface area contributed by atoms with Gasteiger partial charge in [-0.05, 0) is 25.1 Å². The molecule has 0 aliphatic rings. The highest BCUT2D eigenvalue weighted by molar-refractivity contribution is 5.97. The summed E-state index contributed by atoms with van der Waals surface area (Å²) in [6, 6.07) is 3.52. The van der Waals surface area contributed by atoms with E-state index in [-0.39, 0.29) is 5.69 Å². The molecule has 1 unspecified atom stereocenters. The maximum Gasteiger partial charge on any atom is 0.416 e. The van der Waals surface area contributed by atoms with Crippen LogP contribution in [0.4, 0.5) is 23.7 Å². The summed E-state index contributed by atoms with van der Waals surface area (Å²) in [5, 5.41) is 6.54. The lowest BCUT2D eigenvalue weighted by Gasteiger charge is -2.14. The minimum atomic E-state index is -4.50. The van der Waals surface area contributed by atoms with Gasteiger partial charge in [-0.15, -0.1) is 0 Å². The number of esters is 1. The number of carbonyl (C=O) groups is 3. The Hall–Kier alpha value is -2.78. The Morgan fingerprint density at radius 3 is 2.50 bits per heavy atom. The number of alkyl halides is 3. The van der Waals surface area contributed by atoms with E-state index < -0.39 is 42.3 Å². The fourth-order valence-corrected chi connectivity index (χ4v) is 1.55. The summed E-state index contributed by atoms with van der Waals surface area (Å²) in [4.78, 5) is 34.0. The van der Waals surface area contributed by atoms with Crippen molar-refractivity contribution in [1.82, 2.24) is 10.6 Å². The predicted molar refractivity (Wildman–Crippen MR) is 78.1 cm³/mol. The Kier molecular flexibility index (Phi) is 6.57. The highest BCUT2D eigenvalue weighted by atomic mass is 19.4. The summed E-state index contributed by atoms with van der Waals surface area (Å²) >= 11 is 0. The third-order valence-corrected chi connectivity index (χ3v) is 2.77. The van der Waals surface area contributed by atoms with Crippen LogP contribution in [0.25, 0.3) is 0 Å². The number of urea groups is 1. The monoisotopic (exact) mass is 347 g/mol. The summed E-state index contributed by atoms with van der Waals surface area (Å²) < 4.78 is 42.5. The lowest BCUT2D eigenvalue weighted by Crippen LogP contribution is -2.43. The Morgan fingerprint density at radius 1 is 1.25 bits per heavy atom. The molecule has 3 N–H and O–H groups in total. The van der Waals surface area contributed by atoms with Crippen molar-refractivity contribution in [3.8, 4) is 0 Å². The molecule has 0 saturated carbocycles. The highest BCUT2D eigenvalue weighted by Gasteiger charge is 2.30. The average molecular weight is 347 g/mol. The van der Waals surface area contributed by atoms with Crippen molar-refractivity contribution in [1.29, 1.82) is 0 Å². The van der Waals surface area contributed by atoms with Crippen LogP contribution in [0, 0.1) is 0 Å². The van der Waals surface area contributed by atoms with Gasteiger partial charge < -0.3 is 15.4 Å². The Labute approximate surface area is 135 Å². The van der Waals surface area contributed by atoms with E-state index in [1.165, 1.54) is 26.1 Å². The van der Waals surface area contributed by atoms with Crippen molar-refractivity contribution < 1.29 is 32.3 Å². The number of ether oxygens (including phenoxy) is 1. The van der Waals surface area contributed by atoms with Crippen LogP contribution in [0.5, 0.6) is 0 Å². The number of imide groups is 1. The predicted octanol–water partition coefficient (Wildman–Crippen LogP) is 1.50. The molecule has 0 spiro atoms. The van der Waals surface area contributed by atoms with Crippen LogP contribution in [-0.2, 0) is 20.5 Å². The molecule has 10 heteroatoms. The van der Waals surface area contributed by atoms with Gasteiger partial charge in [0.05, 0.1) is 5.56 Å². The molecule has 24 heavy (non-hydrogen) atoms. The quantitative estimate of drug-likeness (QED) is 0.702. The molecule has 0 heterocycles. The van der Waals surface area contributed by atoms with Gasteiger partial charge in [-0.25, -0.2) is 4.79 Å². The fraction of sp³-hybridized carbons (Fsp3) is 0.357. The van der Waals surface area contributed by atoms with Crippen molar-refractivity contribution in [2.24, 2.45) is 0 Å². The molecule has 0 radical (unpaired) electrons. The molecule has 7 nitrogen and oxygen atoms in total. The van der Waals surface area contributed by atoms with Crippen molar-refractivity contribution in [3.63, 3.8) is 0 Å². The number of anilines is 1. The van der Waals surface area contributed by atoms with E-state index in [0.717, 1.165) is 12.1 Å². The Bertz CT molecular complexity index is 620. The van der Waals surface area contributed by atoms with E-state index in [2.05, 4.69) is 10.6 Å². The molecule has 1 aromatic rings. The van der Waals surface area contributed by atoms with Crippen LogP contribution in [0.3, 0.4) is 0 Å². The Balaban J connectivity index is 2.52.